The number of amides is 2. The first kappa shape index (κ1) is 24.5. The molecule has 14 heteroatoms. The summed E-state index contributed by atoms with van der Waals surface area (Å²) in [6.07, 6.45) is 0.240. The average Bonchev–Trinajstić information content (AvgIpc) is 3.06. The van der Waals surface area contributed by atoms with E-state index in [9.17, 15) is 19.2 Å². The maximum absolute atomic E-state index is 12.4. The highest BCUT2D eigenvalue weighted by molar-refractivity contribution is 9.10. The lowest BCUT2D eigenvalue weighted by Gasteiger charge is -2.07. The molecule has 35 heavy (non-hydrogen) atoms. The van der Waals surface area contributed by atoms with E-state index >= 15 is 0 Å². The third kappa shape index (κ3) is 5.24. The van der Waals surface area contributed by atoms with Crippen molar-refractivity contribution >= 4 is 61.9 Å². The predicted molar refractivity (Wildman–Crippen MR) is 132 cm³/mol. The van der Waals surface area contributed by atoms with Crippen LogP contribution in [0.15, 0.2) is 60.9 Å². The highest BCUT2D eigenvalue weighted by Gasteiger charge is 2.18. The number of rotatable bonds is 5. The Bertz CT molecular complexity index is 1600. The van der Waals surface area contributed by atoms with Gasteiger partial charge in [-0.2, -0.15) is 9.77 Å². The summed E-state index contributed by atoms with van der Waals surface area (Å²) >= 11 is 15.4. The second-order valence-corrected chi connectivity index (χ2v) is 8.95. The maximum atomic E-state index is 12.4. The van der Waals surface area contributed by atoms with Crippen molar-refractivity contribution in [2.45, 2.75) is 13.0 Å². The summed E-state index contributed by atoms with van der Waals surface area (Å²) in [5.74, 6) is 4.29. The number of hydrazine groups is 1. The van der Waals surface area contributed by atoms with Gasteiger partial charge in [0.15, 0.2) is 11.4 Å². The Morgan fingerprint density at radius 3 is 2.60 bits per heavy atom. The third-order valence-electron chi connectivity index (χ3n) is 4.85. The molecule has 0 aliphatic carbocycles. The Kier molecular flexibility index (Phi) is 6.96. The molecule has 0 saturated heterocycles. The maximum Gasteiger partial charge on any atom is 0.365 e. The van der Waals surface area contributed by atoms with Crippen LogP contribution in [-0.2, 0) is 17.8 Å². The van der Waals surface area contributed by atoms with E-state index in [1.165, 1.54) is 18.2 Å². The monoisotopic (exact) mass is 580 g/mol. The first-order valence-electron chi connectivity index (χ1n) is 9.83. The number of nitrogen functional groups attached to an aromatic ring is 1. The lowest BCUT2D eigenvalue weighted by Crippen LogP contribution is -2.45. The van der Waals surface area contributed by atoms with Gasteiger partial charge in [-0.3, -0.25) is 20.4 Å². The van der Waals surface area contributed by atoms with Gasteiger partial charge in [-0.1, -0.05) is 57.3 Å². The van der Waals surface area contributed by atoms with Gasteiger partial charge in [0.1, 0.15) is 12.1 Å². The zero-order chi connectivity index (χ0) is 25.3. The smallest absolute Gasteiger partial charge is 0.365 e. The summed E-state index contributed by atoms with van der Waals surface area (Å²) in [4.78, 5) is 49.3. The first-order valence-corrected chi connectivity index (χ1v) is 11.4. The van der Waals surface area contributed by atoms with Crippen molar-refractivity contribution in [1.29, 1.82) is 0 Å². The number of fused-ring (bicyclic) bond motifs is 1. The van der Waals surface area contributed by atoms with Crippen LogP contribution in [0.5, 0.6) is 0 Å². The molecule has 0 aliphatic heterocycles. The predicted octanol–water partition coefficient (Wildman–Crippen LogP) is 1.99. The summed E-state index contributed by atoms with van der Waals surface area (Å²) in [5.41, 5.74) is 3.02. The Labute approximate surface area is 214 Å². The minimum Gasteiger partial charge on any atom is -0.421 e. The van der Waals surface area contributed by atoms with Crippen LogP contribution in [0.3, 0.4) is 0 Å². The van der Waals surface area contributed by atoms with Crippen LogP contribution in [-0.4, -0.2) is 26.3 Å². The molecular weight excluding hydrogens is 567 g/mol. The molecule has 0 fully saturated rings. The molecule has 2 aromatic heterocycles. The van der Waals surface area contributed by atoms with Gasteiger partial charge in [0.25, 0.3) is 11.8 Å². The second kappa shape index (κ2) is 9.94. The molecular formula is C21H15BrCl2N6O5. The van der Waals surface area contributed by atoms with Crippen molar-refractivity contribution in [1.82, 2.24) is 25.3 Å². The van der Waals surface area contributed by atoms with Crippen LogP contribution in [0.4, 0.5) is 0 Å². The van der Waals surface area contributed by atoms with E-state index in [4.69, 9.17) is 33.5 Å². The largest absolute Gasteiger partial charge is 0.421 e. The molecule has 0 aliphatic rings. The minimum absolute atomic E-state index is 0.0664. The summed E-state index contributed by atoms with van der Waals surface area (Å²) in [7, 11) is 0. The van der Waals surface area contributed by atoms with Gasteiger partial charge in [0.2, 0.25) is 0 Å². The zero-order valence-corrected chi connectivity index (χ0v) is 20.6. The Balaban J connectivity index is 1.45. The number of nitrogens with two attached hydrogens (primary N) is 1. The van der Waals surface area contributed by atoms with Crippen molar-refractivity contribution in [2.75, 3.05) is 5.84 Å². The van der Waals surface area contributed by atoms with E-state index in [0.29, 0.717) is 5.39 Å². The summed E-state index contributed by atoms with van der Waals surface area (Å²) in [6, 6.07) is 11.4. The van der Waals surface area contributed by atoms with Crippen LogP contribution < -0.4 is 28.0 Å². The molecule has 2 aromatic carbocycles. The lowest BCUT2D eigenvalue weighted by atomic mass is 10.1. The van der Waals surface area contributed by atoms with Crippen molar-refractivity contribution in [3.8, 4) is 0 Å². The molecule has 180 valence electrons. The van der Waals surface area contributed by atoms with E-state index in [2.05, 4.69) is 31.9 Å². The van der Waals surface area contributed by atoms with Gasteiger partial charge in [0.05, 0.1) is 5.02 Å². The van der Waals surface area contributed by atoms with E-state index < -0.39 is 35.2 Å². The lowest BCUT2D eigenvalue weighted by molar-refractivity contribution is -0.122. The van der Waals surface area contributed by atoms with Crippen LogP contribution in [0, 0.1) is 0 Å². The van der Waals surface area contributed by atoms with Crippen molar-refractivity contribution < 1.29 is 14.0 Å². The van der Waals surface area contributed by atoms with Gasteiger partial charge in [0, 0.05) is 21.3 Å². The third-order valence-corrected chi connectivity index (χ3v) is 6.13. The van der Waals surface area contributed by atoms with Crippen LogP contribution in [0.2, 0.25) is 10.0 Å². The highest BCUT2D eigenvalue weighted by atomic mass is 79.9. The summed E-state index contributed by atoms with van der Waals surface area (Å²) in [6.45, 7) is -0.538. The number of carbonyl (C=O) groups excluding carboxylic acids is 2. The topological polar surface area (TPSA) is 154 Å². The van der Waals surface area contributed by atoms with Crippen molar-refractivity contribution in [3.63, 3.8) is 0 Å². The Hall–Kier alpha value is -3.61. The van der Waals surface area contributed by atoms with Crippen LogP contribution >= 0.6 is 39.1 Å². The van der Waals surface area contributed by atoms with E-state index in [1.54, 1.807) is 0 Å². The van der Waals surface area contributed by atoms with E-state index in [1.807, 2.05) is 24.3 Å². The average molecular weight is 582 g/mol. The molecule has 0 spiro atoms. The zero-order valence-electron chi connectivity index (χ0n) is 17.5. The fourth-order valence-electron chi connectivity index (χ4n) is 3.19. The number of nitrogens with zero attached hydrogens (tertiary/aromatic N) is 3. The van der Waals surface area contributed by atoms with E-state index in [-0.39, 0.29) is 27.9 Å². The number of hydrogen-bond donors (Lipinski definition) is 3. The molecule has 4 aromatic rings. The molecule has 4 rings (SSSR count). The molecule has 0 bridgehead atoms. The minimum atomic E-state index is -0.969. The molecule has 11 nitrogen and oxygen atoms in total. The molecule has 4 N–H and O–H groups in total. The van der Waals surface area contributed by atoms with Gasteiger partial charge in [-0.05, 0) is 29.8 Å². The molecule has 0 saturated carbocycles. The number of nitrogens with one attached hydrogen (secondary N) is 2. The number of benzene rings is 2. The van der Waals surface area contributed by atoms with Gasteiger partial charge in [-0.25, -0.2) is 14.3 Å². The van der Waals surface area contributed by atoms with Crippen LogP contribution in [0.25, 0.3) is 11.0 Å². The summed E-state index contributed by atoms with van der Waals surface area (Å²) in [5, 5.41) is 4.79. The van der Waals surface area contributed by atoms with Crippen molar-refractivity contribution in [3.05, 3.63) is 94.8 Å². The van der Waals surface area contributed by atoms with Gasteiger partial charge < -0.3 is 10.3 Å². The number of aromatic nitrogens is 3. The summed E-state index contributed by atoms with van der Waals surface area (Å²) < 4.78 is 7.59. The molecule has 2 heterocycles. The van der Waals surface area contributed by atoms with Crippen LogP contribution in [0.1, 0.15) is 21.7 Å². The molecule has 0 unspecified atom stereocenters. The molecule has 0 atom stereocenters. The first-order chi connectivity index (χ1) is 16.6. The fourth-order valence-corrected chi connectivity index (χ4v) is 4.16. The quantitative estimate of drug-likeness (QED) is 0.185. The highest BCUT2D eigenvalue weighted by Crippen LogP contribution is 2.27. The number of carbonyl (C=O) groups is 2. The molecule has 0 radical (unpaired) electrons. The Morgan fingerprint density at radius 2 is 1.86 bits per heavy atom. The fraction of sp³-hybridized carbons (Fsp3) is 0.0952. The van der Waals surface area contributed by atoms with Gasteiger partial charge >= 0.3 is 11.3 Å². The molecule has 2 amide bonds. The number of halogens is 3. The van der Waals surface area contributed by atoms with Gasteiger partial charge in [-0.15, -0.1) is 0 Å². The van der Waals surface area contributed by atoms with Crippen molar-refractivity contribution in [2.24, 2.45) is 0 Å². The standard InChI is InChI=1S/C21H15BrCl2N6O5/c22-14-4-2-1-3-10(14)7-16-28-29(21(34)30(16)25)9-17(31)26-27-19(32)13-6-11-5-12(23)8-15(24)18(11)35-20(13)33/h1-6,8H,7,9,25H2,(H,26,31)(H,27,32). The second-order valence-electron chi connectivity index (χ2n) is 7.25. The Morgan fingerprint density at radius 1 is 1.11 bits per heavy atom. The van der Waals surface area contributed by atoms with E-state index in [0.717, 1.165) is 19.4 Å². The SMILES string of the molecule is Nn1c(Cc2ccccc2Br)nn(CC(=O)NNC(=O)c2cc3cc(Cl)cc(Cl)c3oc2=O)c1=O. The normalized spacial score (nSPS) is 10.9. The number of hydrogen-bond acceptors (Lipinski definition) is 7.